The molecule has 1 spiro atoms. The summed E-state index contributed by atoms with van der Waals surface area (Å²) in [4.78, 5) is 40.3. The Morgan fingerprint density at radius 2 is 1.86 bits per heavy atom. The van der Waals surface area contributed by atoms with Crippen molar-refractivity contribution in [2.45, 2.75) is 94.9 Å². The lowest BCUT2D eigenvalue weighted by atomic mass is 9.62. The molecule has 1 saturated carbocycles. The fourth-order valence-corrected chi connectivity index (χ4v) is 7.59. The van der Waals surface area contributed by atoms with Crippen LogP contribution in [0.1, 0.15) is 76.8 Å². The second-order valence-electron chi connectivity index (χ2n) is 13.5. The first kappa shape index (κ1) is 31.7. The van der Waals surface area contributed by atoms with Gasteiger partial charge in [0.25, 0.3) is 0 Å². The first-order valence-electron chi connectivity index (χ1n) is 14.7. The van der Waals surface area contributed by atoms with Crippen molar-refractivity contribution < 1.29 is 23.5 Å². The van der Waals surface area contributed by atoms with Gasteiger partial charge in [-0.1, -0.05) is 62.2 Å². The number of benzene rings is 2. The maximum atomic E-state index is 15.9. The highest BCUT2D eigenvalue weighted by Gasteiger charge is 2.66. The maximum absolute atomic E-state index is 15.9. The molecule has 1 aliphatic carbocycles. The molecule has 2 amide bonds. The monoisotopic (exact) mass is 632 g/mol. The molecule has 2 aliphatic heterocycles. The molecule has 232 valence electrons. The molecule has 2 fully saturated rings. The van der Waals surface area contributed by atoms with Crippen LogP contribution in [0.15, 0.2) is 36.4 Å². The molecule has 2 heterocycles. The number of carbonyl (C=O) groups is 3. The van der Waals surface area contributed by atoms with Crippen LogP contribution in [0.4, 0.5) is 10.1 Å². The molecule has 2 aromatic carbocycles. The molecule has 8 nitrogen and oxygen atoms in total. The Bertz CT molecular complexity index is 1440. The minimum Gasteiger partial charge on any atom is -0.458 e. The number of carbonyl (C=O) groups excluding carboxylic acids is 3. The fourth-order valence-electron chi connectivity index (χ4n) is 7.23. The number of esters is 1. The van der Waals surface area contributed by atoms with Gasteiger partial charge < -0.3 is 26.4 Å². The van der Waals surface area contributed by atoms with Gasteiger partial charge in [0.1, 0.15) is 16.8 Å². The van der Waals surface area contributed by atoms with E-state index in [0.717, 1.165) is 0 Å². The van der Waals surface area contributed by atoms with E-state index in [0.29, 0.717) is 48.4 Å². The minimum atomic E-state index is -1.32. The summed E-state index contributed by atoms with van der Waals surface area (Å²) in [7, 11) is 0. The van der Waals surface area contributed by atoms with Crippen molar-refractivity contribution in [3.63, 3.8) is 0 Å². The number of amides is 2. The van der Waals surface area contributed by atoms with Crippen LogP contribution >= 0.6 is 23.2 Å². The molecular formula is C32H39Cl2FN4O4. The molecule has 1 saturated heterocycles. The van der Waals surface area contributed by atoms with E-state index in [2.05, 4.69) is 36.7 Å². The SMILES string of the molecule is CC(C)(C)C[C@H]1N[C@@H](C(=O)NC2CCC(C)(OC(=O)CN)CC2)[C@H](c2cccc(Cl)c2F)[C@@]12C(=O)Nc1cc(Cl)ccc12. The predicted octanol–water partition coefficient (Wildman–Crippen LogP) is 5.20. The number of nitrogens with two attached hydrogens (primary N) is 1. The van der Waals surface area contributed by atoms with Crippen molar-refractivity contribution in [2.24, 2.45) is 11.1 Å². The standard InChI is InChI=1S/C32H39Cl2FN4O4/c1-30(2,3)15-23-32(20-9-8-17(33)14-22(20)38-29(32)42)25(19-6-5-7-21(34)26(19)35)27(39-23)28(41)37-18-10-12-31(4,13-11-18)43-24(40)16-36/h5-9,14,18,23,25,27,39H,10-13,15-16,36H2,1-4H3,(H,37,41)(H,38,42)/t18?,23-,25+,27-,31?,32+/m1/s1. The summed E-state index contributed by atoms with van der Waals surface area (Å²) < 4.78 is 21.5. The van der Waals surface area contributed by atoms with E-state index < -0.39 is 40.8 Å². The Balaban J connectivity index is 1.55. The van der Waals surface area contributed by atoms with Gasteiger partial charge in [0, 0.05) is 28.7 Å². The smallest absolute Gasteiger partial charge is 0.320 e. The molecule has 4 atom stereocenters. The van der Waals surface area contributed by atoms with E-state index in [1.54, 1.807) is 30.3 Å². The molecule has 0 radical (unpaired) electrons. The molecule has 2 aromatic rings. The van der Waals surface area contributed by atoms with Crippen LogP contribution in [0.3, 0.4) is 0 Å². The molecule has 11 heteroatoms. The maximum Gasteiger partial charge on any atom is 0.320 e. The van der Waals surface area contributed by atoms with Gasteiger partial charge in [-0.2, -0.15) is 0 Å². The highest BCUT2D eigenvalue weighted by atomic mass is 35.5. The average molecular weight is 634 g/mol. The summed E-state index contributed by atoms with van der Waals surface area (Å²) in [6, 6.07) is 8.25. The van der Waals surface area contributed by atoms with Crippen LogP contribution in [0.25, 0.3) is 0 Å². The first-order chi connectivity index (χ1) is 20.2. The number of nitrogens with one attached hydrogen (secondary N) is 3. The van der Waals surface area contributed by atoms with Crippen LogP contribution in [-0.4, -0.2) is 48.1 Å². The Morgan fingerprint density at radius 3 is 2.51 bits per heavy atom. The van der Waals surface area contributed by atoms with Crippen molar-refractivity contribution in [2.75, 3.05) is 11.9 Å². The van der Waals surface area contributed by atoms with E-state index in [9.17, 15) is 14.4 Å². The van der Waals surface area contributed by atoms with Gasteiger partial charge in [0.05, 0.1) is 17.6 Å². The number of hydrogen-bond acceptors (Lipinski definition) is 6. The Morgan fingerprint density at radius 1 is 1.16 bits per heavy atom. The van der Waals surface area contributed by atoms with Crippen LogP contribution in [0, 0.1) is 11.2 Å². The van der Waals surface area contributed by atoms with Crippen molar-refractivity contribution >= 4 is 46.7 Å². The summed E-state index contributed by atoms with van der Waals surface area (Å²) in [5.74, 6) is -2.68. The number of halogens is 3. The Hall–Kier alpha value is -2.72. The van der Waals surface area contributed by atoms with Gasteiger partial charge in [-0.25, -0.2) is 4.39 Å². The van der Waals surface area contributed by atoms with Crippen LogP contribution in [-0.2, 0) is 24.5 Å². The third kappa shape index (κ3) is 5.89. The second-order valence-corrected chi connectivity index (χ2v) is 14.4. The molecule has 43 heavy (non-hydrogen) atoms. The van der Waals surface area contributed by atoms with Crippen molar-refractivity contribution in [1.82, 2.24) is 10.6 Å². The topological polar surface area (TPSA) is 123 Å². The van der Waals surface area contributed by atoms with Crippen molar-refractivity contribution in [1.29, 1.82) is 0 Å². The van der Waals surface area contributed by atoms with Gasteiger partial charge in [0.15, 0.2) is 0 Å². The van der Waals surface area contributed by atoms with E-state index in [4.69, 9.17) is 33.7 Å². The van der Waals surface area contributed by atoms with E-state index in [1.165, 1.54) is 6.07 Å². The molecule has 5 rings (SSSR count). The summed E-state index contributed by atoms with van der Waals surface area (Å²) in [5, 5.41) is 10.0. The zero-order valence-electron chi connectivity index (χ0n) is 24.9. The quantitative estimate of drug-likeness (QED) is 0.325. The van der Waals surface area contributed by atoms with Crippen molar-refractivity contribution in [3.8, 4) is 0 Å². The molecule has 0 unspecified atom stereocenters. The number of rotatable bonds is 6. The van der Waals surface area contributed by atoms with Gasteiger partial charge in [0.2, 0.25) is 11.8 Å². The summed E-state index contributed by atoms with van der Waals surface area (Å²) in [6.45, 7) is 7.88. The van der Waals surface area contributed by atoms with E-state index in [-0.39, 0.29) is 40.4 Å². The number of anilines is 1. The Kier molecular flexibility index (Phi) is 8.59. The largest absolute Gasteiger partial charge is 0.458 e. The van der Waals surface area contributed by atoms with Crippen molar-refractivity contribution in [3.05, 3.63) is 63.4 Å². The van der Waals surface area contributed by atoms with Gasteiger partial charge in [-0.3, -0.25) is 14.4 Å². The van der Waals surface area contributed by atoms with E-state index >= 15 is 4.39 Å². The second kappa shape index (κ2) is 11.7. The molecule has 0 aromatic heterocycles. The number of fused-ring (bicyclic) bond motifs is 2. The van der Waals surface area contributed by atoms with E-state index in [1.807, 2.05) is 6.92 Å². The third-order valence-corrected chi connectivity index (χ3v) is 9.66. The lowest BCUT2D eigenvalue weighted by Crippen LogP contribution is -2.51. The van der Waals surface area contributed by atoms with Gasteiger partial charge in [-0.15, -0.1) is 0 Å². The predicted molar refractivity (Wildman–Crippen MR) is 165 cm³/mol. The first-order valence-corrected chi connectivity index (χ1v) is 15.5. The zero-order valence-corrected chi connectivity index (χ0v) is 26.4. The minimum absolute atomic E-state index is 0.0839. The highest BCUT2D eigenvalue weighted by Crippen LogP contribution is 2.57. The third-order valence-electron chi connectivity index (χ3n) is 9.14. The lowest BCUT2D eigenvalue weighted by Gasteiger charge is -2.38. The number of hydrogen-bond donors (Lipinski definition) is 4. The summed E-state index contributed by atoms with van der Waals surface area (Å²) in [5.41, 5.74) is 4.63. The molecular weight excluding hydrogens is 594 g/mol. The Labute approximate surface area is 261 Å². The molecule has 0 bridgehead atoms. The van der Waals surface area contributed by atoms with Crippen LogP contribution in [0.2, 0.25) is 10.0 Å². The molecule has 3 aliphatic rings. The summed E-state index contributed by atoms with van der Waals surface area (Å²) >= 11 is 12.6. The van der Waals surface area contributed by atoms with Crippen LogP contribution in [0.5, 0.6) is 0 Å². The van der Waals surface area contributed by atoms with Crippen LogP contribution < -0.4 is 21.7 Å². The molecule has 5 N–H and O–H groups in total. The number of ether oxygens (including phenoxy) is 1. The lowest BCUT2D eigenvalue weighted by molar-refractivity contribution is -0.160. The van der Waals surface area contributed by atoms with Gasteiger partial charge >= 0.3 is 5.97 Å². The highest BCUT2D eigenvalue weighted by molar-refractivity contribution is 6.31. The average Bonchev–Trinajstić information content (AvgIpc) is 3.40. The summed E-state index contributed by atoms with van der Waals surface area (Å²) in [6.07, 6.45) is 2.81. The van der Waals surface area contributed by atoms with Gasteiger partial charge in [-0.05, 0) is 73.8 Å². The zero-order chi connectivity index (χ0) is 31.3. The normalized spacial score (nSPS) is 30.2. The fraction of sp³-hybridized carbons (Fsp3) is 0.531.